The summed E-state index contributed by atoms with van der Waals surface area (Å²) in [5.41, 5.74) is 7.78. The minimum atomic E-state index is -0.0837. The van der Waals surface area contributed by atoms with E-state index in [0.717, 1.165) is 84.8 Å². The van der Waals surface area contributed by atoms with Crippen molar-refractivity contribution in [3.05, 3.63) is 142 Å². The molecule has 0 fully saturated rings. The van der Waals surface area contributed by atoms with Gasteiger partial charge in [0.1, 0.15) is 0 Å². The van der Waals surface area contributed by atoms with Gasteiger partial charge in [-0.2, -0.15) is 0 Å². The number of amides is 4. The fourth-order valence-corrected chi connectivity index (χ4v) is 13.1. The highest BCUT2D eigenvalue weighted by atomic mass is 16.2. The Morgan fingerprint density at radius 1 is 0.181 bits per heavy atom. The highest BCUT2D eigenvalue weighted by Gasteiger charge is 2.20. The maximum absolute atomic E-state index is 13.7. The Morgan fingerprint density at radius 3 is 0.436 bits per heavy atom. The molecule has 0 atom stereocenters. The number of unbranched alkanes of at least 4 members (excludes halogenated alkanes) is 44. The van der Waals surface area contributed by atoms with E-state index >= 15 is 0 Å². The third-order valence-electron chi connectivity index (χ3n) is 19.3. The van der Waals surface area contributed by atoms with E-state index in [1.807, 2.05) is 97.1 Å². The monoisotopic (exact) mass is 1290 g/mol. The standard InChI is InChI=1S/C86H136N4O4/c1-5-9-13-17-21-25-29-33-37-41-45-49-69-87-83(91)77-61-53-73(54-62-77)81(74-55-63-78(64-56-74)84(92)88-70-50-46-42-38-34-30-26-22-18-14-10-6-2)82(75-57-65-79(66-58-75)85(93)89-71-51-47-43-39-35-31-27-23-19-15-11-7-3)76-59-67-80(68-60-76)86(94)90-72-52-48-44-40-36-32-28-24-20-16-12-8-4/h53-68H,5-52,69-72H2,1-4H3,(H,87,91)(H,88,92)(H,89,93)(H,90,94). The van der Waals surface area contributed by atoms with Crippen molar-refractivity contribution >= 4 is 34.8 Å². The van der Waals surface area contributed by atoms with Crippen molar-refractivity contribution < 1.29 is 19.2 Å². The van der Waals surface area contributed by atoms with E-state index in [1.54, 1.807) is 0 Å². The number of nitrogens with one attached hydrogen (secondary N) is 4. The Balaban J connectivity index is 1.53. The lowest BCUT2D eigenvalue weighted by atomic mass is 9.84. The van der Waals surface area contributed by atoms with Crippen molar-refractivity contribution in [1.82, 2.24) is 21.3 Å². The van der Waals surface area contributed by atoms with Crippen LogP contribution in [-0.4, -0.2) is 49.8 Å². The van der Waals surface area contributed by atoms with Crippen LogP contribution in [0.4, 0.5) is 0 Å². The van der Waals surface area contributed by atoms with Gasteiger partial charge in [0.2, 0.25) is 0 Å². The van der Waals surface area contributed by atoms with Crippen molar-refractivity contribution in [3.63, 3.8) is 0 Å². The van der Waals surface area contributed by atoms with E-state index < -0.39 is 0 Å². The smallest absolute Gasteiger partial charge is 0.251 e. The molecule has 0 unspecified atom stereocenters. The zero-order valence-electron chi connectivity index (χ0n) is 60.6. The van der Waals surface area contributed by atoms with Crippen LogP contribution in [0.1, 0.15) is 400 Å². The van der Waals surface area contributed by atoms with Gasteiger partial charge >= 0.3 is 0 Å². The van der Waals surface area contributed by atoms with Crippen LogP contribution < -0.4 is 21.3 Å². The van der Waals surface area contributed by atoms with Gasteiger partial charge in [-0.25, -0.2) is 0 Å². The van der Waals surface area contributed by atoms with Crippen molar-refractivity contribution in [2.45, 2.75) is 336 Å². The summed E-state index contributed by atoms with van der Waals surface area (Å²) in [6.45, 7) is 11.7. The maximum Gasteiger partial charge on any atom is 0.251 e. The molecular weight excluding hydrogens is 1150 g/mol. The molecule has 4 N–H and O–H groups in total. The van der Waals surface area contributed by atoms with Crippen LogP contribution in [0.25, 0.3) is 11.1 Å². The molecule has 0 heterocycles. The highest BCUT2D eigenvalue weighted by molar-refractivity contribution is 6.06. The lowest BCUT2D eigenvalue weighted by Crippen LogP contribution is -2.24. The molecule has 0 spiro atoms. The number of hydrogen-bond acceptors (Lipinski definition) is 4. The first kappa shape index (κ1) is 80.9. The second-order valence-corrected chi connectivity index (χ2v) is 27.6. The van der Waals surface area contributed by atoms with Gasteiger partial charge < -0.3 is 21.3 Å². The van der Waals surface area contributed by atoms with E-state index in [1.165, 1.54) is 257 Å². The Morgan fingerprint density at radius 2 is 0.298 bits per heavy atom. The van der Waals surface area contributed by atoms with Gasteiger partial charge in [0.25, 0.3) is 23.6 Å². The summed E-state index contributed by atoms with van der Waals surface area (Å²) in [5.74, 6) is -0.335. The number of benzene rings is 4. The number of rotatable bonds is 60. The molecule has 0 saturated heterocycles. The minimum absolute atomic E-state index is 0.0837. The lowest BCUT2D eigenvalue weighted by molar-refractivity contribution is 0.0944. The molecule has 4 amide bonds. The molecule has 524 valence electrons. The van der Waals surface area contributed by atoms with Crippen LogP contribution in [-0.2, 0) is 0 Å². The molecule has 0 radical (unpaired) electrons. The van der Waals surface area contributed by atoms with Crippen molar-refractivity contribution in [2.24, 2.45) is 0 Å². The minimum Gasteiger partial charge on any atom is -0.352 e. The molecule has 4 aromatic carbocycles. The molecule has 0 aliphatic heterocycles. The van der Waals surface area contributed by atoms with Gasteiger partial charge in [0.15, 0.2) is 0 Å². The molecule has 0 aromatic heterocycles. The summed E-state index contributed by atoms with van der Waals surface area (Å²) in [5, 5.41) is 12.8. The van der Waals surface area contributed by atoms with Gasteiger partial charge in [-0.1, -0.05) is 359 Å². The average molecular weight is 1290 g/mol. The first-order valence-electron chi connectivity index (χ1n) is 39.6. The highest BCUT2D eigenvalue weighted by Crippen LogP contribution is 2.38. The van der Waals surface area contributed by atoms with Crippen molar-refractivity contribution in [3.8, 4) is 0 Å². The molecule has 0 bridgehead atoms. The topological polar surface area (TPSA) is 116 Å². The van der Waals surface area contributed by atoms with Crippen LogP contribution in [0.2, 0.25) is 0 Å². The fraction of sp³-hybridized carbons (Fsp3) is 0.651. The second-order valence-electron chi connectivity index (χ2n) is 27.6. The zero-order valence-corrected chi connectivity index (χ0v) is 60.6. The van der Waals surface area contributed by atoms with Crippen LogP contribution in [0, 0.1) is 0 Å². The quantitative estimate of drug-likeness (QED) is 0.0260. The third-order valence-corrected chi connectivity index (χ3v) is 19.3. The summed E-state index contributed by atoms with van der Waals surface area (Å²) < 4.78 is 0. The van der Waals surface area contributed by atoms with Gasteiger partial charge in [-0.15, -0.1) is 0 Å². The Kier molecular flexibility index (Phi) is 47.9. The van der Waals surface area contributed by atoms with Crippen LogP contribution in [0.3, 0.4) is 0 Å². The molecule has 8 nitrogen and oxygen atoms in total. The molecule has 0 saturated carbocycles. The van der Waals surface area contributed by atoms with Crippen molar-refractivity contribution in [1.29, 1.82) is 0 Å². The average Bonchev–Trinajstić information content (AvgIpc) is 0.780. The number of carbonyl (C=O) groups excluding carboxylic acids is 4. The summed E-state index contributed by atoms with van der Waals surface area (Å²) in [6.07, 6.45) is 61.1. The van der Waals surface area contributed by atoms with E-state index in [9.17, 15) is 19.2 Å². The molecule has 4 rings (SSSR count). The summed E-state index contributed by atoms with van der Waals surface area (Å²) >= 11 is 0. The van der Waals surface area contributed by atoms with Crippen LogP contribution >= 0.6 is 0 Å². The third kappa shape index (κ3) is 37.1. The van der Waals surface area contributed by atoms with E-state index in [-0.39, 0.29) is 23.6 Å². The Labute approximate surface area is 575 Å². The second kappa shape index (κ2) is 55.6. The van der Waals surface area contributed by atoms with Crippen molar-refractivity contribution in [2.75, 3.05) is 26.2 Å². The summed E-state index contributed by atoms with van der Waals surface area (Å²) in [6, 6.07) is 31.5. The maximum atomic E-state index is 13.7. The lowest BCUT2D eigenvalue weighted by Gasteiger charge is -2.19. The van der Waals surface area contributed by atoms with Gasteiger partial charge in [-0.05, 0) is 108 Å². The molecule has 0 aliphatic rings. The SMILES string of the molecule is CCCCCCCCCCCCCCNC(=O)c1ccc(C(=C(c2ccc(C(=O)NCCCCCCCCCCCCCC)cc2)c2ccc(C(=O)NCCCCCCCCCCCCCC)cc2)c2ccc(C(=O)NCCCCCCCCCCCCCC)cc2)cc1. The zero-order chi connectivity index (χ0) is 67.0. The molecule has 8 heteroatoms. The largest absolute Gasteiger partial charge is 0.352 e. The summed E-state index contributed by atoms with van der Waals surface area (Å²) in [7, 11) is 0. The van der Waals surface area contributed by atoms with Crippen LogP contribution in [0.15, 0.2) is 97.1 Å². The predicted molar refractivity (Wildman–Crippen MR) is 404 cm³/mol. The molecular formula is C86H136N4O4. The van der Waals surface area contributed by atoms with Gasteiger partial charge in [0.05, 0.1) is 0 Å². The van der Waals surface area contributed by atoms with Gasteiger partial charge in [-0.3, -0.25) is 19.2 Å². The summed E-state index contributed by atoms with van der Waals surface area (Å²) in [4.78, 5) is 54.8. The Bertz CT molecular complexity index is 2200. The van der Waals surface area contributed by atoms with E-state index in [0.29, 0.717) is 48.4 Å². The fourth-order valence-electron chi connectivity index (χ4n) is 13.1. The van der Waals surface area contributed by atoms with E-state index in [4.69, 9.17) is 0 Å². The normalized spacial score (nSPS) is 11.2. The predicted octanol–water partition coefficient (Wildman–Crippen LogP) is 24.4. The Hall–Kier alpha value is -5.50. The van der Waals surface area contributed by atoms with Crippen LogP contribution in [0.5, 0.6) is 0 Å². The first-order chi connectivity index (χ1) is 46.3. The number of carbonyl (C=O) groups is 4. The van der Waals surface area contributed by atoms with E-state index in [2.05, 4.69) is 49.0 Å². The molecule has 94 heavy (non-hydrogen) atoms. The molecule has 0 aliphatic carbocycles. The first-order valence-corrected chi connectivity index (χ1v) is 39.6. The molecule has 4 aromatic rings. The van der Waals surface area contributed by atoms with Gasteiger partial charge in [0, 0.05) is 48.4 Å². The number of hydrogen-bond donors (Lipinski definition) is 4.